The van der Waals surface area contributed by atoms with Crippen molar-refractivity contribution in [2.45, 2.75) is 64.8 Å². The van der Waals surface area contributed by atoms with E-state index in [4.69, 9.17) is 5.84 Å². The molecule has 1 saturated carbocycles. The molecule has 20 heavy (non-hydrogen) atoms. The number of benzene rings is 1. The first-order valence-electron chi connectivity index (χ1n) is 8.25. The summed E-state index contributed by atoms with van der Waals surface area (Å²) in [6.45, 7) is 4.53. The van der Waals surface area contributed by atoms with Gasteiger partial charge in [0.05, 0.1) is 0 Å². The number of hydrogen-bond acceptors (Lipinski definition) is 2. The summed E-state index contributed by atoms with van der Waals surface area (Å²) >= 11 is 0. The van der Waals surface area contributed by atoms with Gasteiger partial charge in [-0.3, -0.25) is 11.3 Å². The van der Waals surface area contributed by atoms with Crippen molar-refractivity contribution in [3.8, 4) is 0 Å². The van der Waals surface area contributed by atoms with Gasteiger partial charge >= 0.3 is 0 Å². The topological polar surface area (TPSA) is 38.0 Å². The van der Waals surface area contributed by atoms with E-state index in [1.807, 2.05) is 0 Å². The molecule has 1 aromatic rings. The summed E-state index contributed by atoms with van der Waals surface area (Å²) in [5.74, 6) is 7.53. The van der Waals surface area contributed by atoms with Gasteiger partial charge in [0.1, 0.15) is 0 Å². The molecule has 0 aromatic heterocycles. The molecule has 0 saturated heterocycles. The van der Waals surface area contributed by atoms with E-state index in [1.54, 1.807) is 0 Å². The van der Waals surface area contributed by atoms with Crippen LogP contribution in [0.2, 0.25) is 0 Å². The van der Waals surface area contributed by atoms with Gasteiger partial charge in [-0.05, 0) is 55.6 Å². The fraction of sp³-hybridized carbons (Fsp3) is 0.667. The van der Waals surface area contributed by atoms with Crippen molar-refractivity contribution in [3.63, 3.8) is 0 Å². The van der Waals surface area contributed by atoms with E-state index in [-0.39, 0.29) is 0 Å². The average molecular weight is 274 g/mol. The minimum atomic E-state index is 0.476. The summed E-state index contributed by atoms with van der Waals surface area (Å²) in [5, 5.41) is 0. The third-order valence-corrected chi connectivity index (χ3v) is 5.17. The molecule has 1 fully saturated rings. The smallest absolute Gasteiger partial charge is 0.0242 e. The van der Waals surface area contributed by atoms with Crippen LogP contribution in [0.15, 0.2) is 24.3 Å². The van der Waals surface area contributed by atoms with E-state index in [0.29, 0.717) is 6.04 Å². The quantitative estimate of drug-likeness (QED) is 0.608. The third kappa shape index (κ3) is 4.07. The maximum atomic E-state index is 5.84. The predicted molar refractivity (Wildman–Crippen MR) is 86.4 cm³/mol. The molecule has 3 N–H and O–H groups in total. The Bertz CT molecular complexity index is 402. The van der Waals surface area contributed by atoms with Crippen molar-refractivity contribution in [2.75, 3.05) is 0 Å². The Labute approximate surface area is 124 Å². The van der Waals surface area contributed by atoms with Crippen LogP contribution in [-0.4, -0.2) is 6.04 Å². The van der Waals surface area contributed by atoms with Crippen LogP contribution in [0.4, 0.5) is 0 Å². The van der Waals surface area contributed by atoms with Crippen molar-refractivity contribution < 1.29 is 0 Å². The monoisotopic (exact) mass is 274 g/mol. The zero-order valence-electron chi connectivity index (χ0n) is 13.1. The van der Waals surface area contributed by atoms with Crippen molar-refractivity contribution >= 4 is 0 Å². The van der Waals surface area contributed by atoms with Gasteiger partial charge in [-0.1, -0.05) is 50.5 Å². The van der Waals surface area contributed by atoms with Crippen LogP contribution in [0.3, 0.4) is 0 Å². The molecular weight excluding hydrogens is 244 g/mol. The Kier molecular flexibility index (Phi) is 6.06. The Balaban J connectivity index is 1.90. The van der Waals surface area contributed by atoms with Crippen LogP contribution in [0.5, 0.6) is 0 Å². The van der Waals surface area contributed by atoms with Gasteiger partial charge < -0.3 is 0 Å². The van der Waals surface area contributed by atoms with Gasteiger partial charge in [0, 0.05) is 6.04 Å². The fourth-order valence-corrected chi connectivity index (χ4v) is 3.73. The molecule has 2 rings (SSSR count). The van der Waals surface area contributed by atoms with E-state index >= 15 is 0 Å². The lowest BCUT2D eigenvalue weighted by molar-refractivity contribution is 0.202. The van der Waals surface area contributed by atoms with Crippen LogP contribution in [-0.2, 0) is 6.42 Å². The molecule has 2 heteroatoms. The Hall–Kier alpha value is -0.860. The van der Waals surface area contributed by atoms with E-state index < -0.39 is 0 Å². The summed E-state index contributed by atoms with van der Waals surface area (Å²) < 4.78 is 0. The molecule has 0 radical (unpaired) electrons. The van der Waals surface area contributed by atoms with Gasteiger partial charge in [-0.25, -0.2) is 0 Å². The Morgan fingerprint density at radius 3 is 2.80 bits per heavy atom. The van der Waals surface area contributed by atoms with Crippen LogP contribution < -0.4 is 11.3 Å². The molecule has 1 aromatic carbocycles. The molecule has 0 bridgehead atoms. The van der Waals surface area contributed by atoms with E-state index in [1.165, 1.54) is 43.2 Å². The Morgan fingerprint density at radius 2 is 2.10 bits per heavy atom. The lowest BCUT2D eigenvalue weighted by atomic mass is 9.76. The normalized spacial score (nSPS) is 24.6. The van der Waals surface area contributed by atoms with Gasteiger partial charge in [0.15, 0.2) is 0 Å². The first kappa shape index (κ1) is 15.5. The summed E-state index contributed by atoms with van der Waals surface area (Å²) in [4.78, 5) is 0. The van der Waals surface area contributed by atoms with E-state index in [2.05, 4.69) is 43.5 Å². The molecule has 0 aliphatic heterocycles. The molecule has 2 nitrogen and oxygen atoms in total. The molecule has 3 unspecified atom stereocenters. The second-order valence-corrected chi connectivity index (χ2v) is 6.44. The van der Waals surface area contributed by atoms with Crippen molar-refractivity contribution in [1.29, 1.82) is 0 Å². The van der Waals surface area contributed by atoms with Crippen LogP contribution in [0.1, 0.15) is 56.6 Å². The van der Waals surface area contributed by atoms with Gasteiger partial charge in [0.25, 0.3) is 0 Å². The summed E-state index contributed by atoms with van der Waals surface area (Å²) in [7, 11) is 0. The van der Waals surface area contributed by atoms with Crippen LogP contribution >= 0.6 is 0 Å². The first-order valence-corrected chi connectivity index (χ1v) is 8.25. The van der Waals surface area contributed by atoms with Crippen molar-refractivity contribution in [3.05, 3.63) is 35.4 Å². The standard InChI is InChI=1S/C18H30N2/c1-3-15-8-6-10-17(13-15)18(20-19)12-11-16-9-5-4-7-14(16)2/h4-5,7,9,15,17-18,20H,3,6,8,10-13,19H2,1-2H3. The van der Waals surface area contributed by atoms with Gasteiger partial charge in [0.2, 0.25) is 0 Å². The second kappa shape index (κ2) is 7.80. The zero-order chi connectivity index (χ0) is 14.4. The fourth-order valence-electron chi connectivity index (χ4n) is 3.73. The lowest BCUT2D eigenvalue weighted by Crippen LogP contribution is -2.43. The maximum absolute atomic E-state index is 5.84. The highest BCUT2D eigenvalue weighted by molar-refractivity contribution is 5.25. The molecular formula is C18H30N2. The summed E-state index contributed by atoms with van der Waals surface area (Å²) in [5.41, 5.74) is 5.98. The molecule has 1 aliphatic carbocycles. The third-order valence-electron chi connectivity index (χ3n) is 5.17. The maximum Gasteiger partial charge on any atom is 0.0242 e. The molecule has 1 aliphatic rings. The predicted octanol–water partition coefficient (Wildman–Crippen LogP) is 3.98. The van der Waals surface area contributed by atoms with Crippen molar-refractivity contribution in [2.24, 2.45) is 17.7 Å². The number of rotatable bonds is 6. The molecule has 112 valence electrons. The van der Waals surface area contributed by atoms with E-state index in [0.717, 1.165) is 24.7 Å². The highest BCUT2D eigenvalue weighted by Gasteiger charge is 2.26. The highest BCUT2D eigenvalue weighted by Crippen LogP contribution is 2.34. The number of aryl methyl sites for hydroxylation is 2. The van der Waals surface area contributed by atoms with Crippen LogP contribution in [0, 0.1) is 18.8 Å². The zero-order valence-corrected chi connectivity index (χ0v) is 13.1. The number of nitrogens with one attached hydrogen (secondary N) is 1. The van der Waals surface area contributed by atoms with Crippen LogP contribution in [0.25, 0.3) is 0 Å². The number of hydrogen-bond donors (Lipinski definition) is 2. The largest absolute Gasteiger partial charge is 0.271 e. The van der Waals surface area contributed by atoms with E-state index in [9.17, 15) is 0 Å². The lowest BCUT2D eigenvalue weighted by Gasteiger charge is -2.34. The second-order valence-electron chi connectivity index (χ2n) is 6.44. The first-order chi connectivity index (χ1) is 9.74. The number of hydrazine groups is 1. The summed E-state index contributed by atoms with van der Waals surface area (Å²) in [6.07, 6.45) is 9.12. The highest BCUT2D eigenvalue weighted by atomic mass is 15.2. The summed E-state index contributed by atoms with van der Waals surface area (Å²) in [6, 6.07) is 9.18. The molecule has 0 amide bonds. The number of nitrogens with two attached hydrogens (primary N) is 1. The SMILES string of the molecule is CCC1CCCC(C(CCc2ccccc2C)NN)C1. The molecule has 3 atom stereocenters. The Morgan fingerprint density at radius 1 is 1.30 bits per heavy atom. The average Bonchev–Trinajstić information content (AvgIpc) is 2.50. The van der Waals surface area contributed by atoms with Crippen molar-refractivity contribution in [1.82, 2.24) is 5.43 Å². The molecule has 0 heterocycles. The minimum Gasteiger partial charge on any atom is -0.271 e. The molecule has 0 spiro atoms. The van der Waals surface area contributed by atoms with Gasteiger partial charge in [-0.2, -0.15) is 0 Å². The minimum absolute atomic E-state index is 0.476. The van der Waals surface area contributed by atoms with Gasteiger partial charge in [-0.15, -0.1) is 0 Å².